The van der Waals surface area contributed by atoms with Gasteiger partial charge in [-0.05, 0) is 12.0 Å². The Bertz CT molecular complexity index is 512. The first-order valence-electron chi connectivity index (χ1n) is 6.06. The van der Waals surface area contributed by atoms with Gasteiger partial charge in [-0.2, -0.15) is 0 Å². The van der Waals surface area contributed by atoms with E-state index in [1.807, 2.05) is 13.8 Å². The molecular weight excluding hydrogens is 228 g/mol. The number of hydrogen-bond acceptors (Lipinski definition) is 3. The average molecular weight is 244 g/mol. The fraction of sp³-hybridized carbons (Fsp3) is 0.333. The highest BCUT2D eigenvalue weighted by molar-refractivity contribution is 6.24. The van der Waals surface area contributed by atoms with Gasteiger partial charge >= 0.3 is 0 Å². The smallest absolute Gasteiger partial charge is 0.192 e. The number of ether oxygens (including phenoxy) is 1. The summed E-state index contributed by atoms with van der Waals surface area (Å²) < 4.78 is 5.43. The van der Waals surface area contributed by atoms with Gasteiger partial charge in [0.05, 0.1) is 6.61 Å². The van der Waals surface area contributed by atoms with Crippen molar-refractivity contribution in [3.63, 3.8) is 0 Å². The van der Waals surface area contributed by atoms with Crippen LogP contribution in [-0.4, -0.2) is 24.8 Å². The Morgan fingerprint density at radius 2 is 1.78 bits per heavy atom. The van der Waals surface area contributed by atoms with Crippen molar-refractivity contribution in [2.45, 2.75) is 13.8 Å². The van der Waals surface area contributed by atoms with Gasteiger partial charge in [0, 0.05) is 23.3 Å². The number of fused-ring (bicyclic) bond motifs is 1. The number of hydrogen-bond donors (Lipinski definition) is 0. The minimum Gasteiger partial charge on any atom is -0.376 e. The first-order valence-corrected chi connectivity index (χ1v) is 6.06. The third-order valence-electron chi connectivity index (χ3n) is 2.74. The number of Topliss-reactive ketones (excluding diaryl/α,β-unsaturated/α-hetero) is 1. The highest BCUT2D eigenvalue weighted by Crippen LogP contribution is 2.21. The van der Waals surface area contributed by atoms with Crippen LogP contribution in [0.15, 0.2) is 35.9 Å². The van der Waals surface area contributed by atoms with Gasteiger partial charge in [-0.25, -0.2) is 0 Å². The van der Waals surface area contributed by atoms with E-state index in [4.69, 9.17) is 4.74 Å². The lowest BCUT2D eigenvalue weighted by molar-refractivity contribution is 0.0922. The van der Waals surface area contributed by atoms with E-state index in [-0.39, 0.29) is 18.2 Å². The molecule has 2 rings (SSSR count). The molecule has 1 aliphatic rings. The zero-order valence-electron chi connectivity index (χ0n) is 10.6. The molecule has 0 fully saturated rings. The van der Waals surface area contributed by atoms with E-state index >= 15 is 0 Å². The van der Waals surface area contributed by atoms with Crippen LogP contribution in [0.2, 0.25) is 0 Å². The van der Waals surface area contributed by atoms with Crippen LogP contribution < -0.4 is 0 Å². The van der Waals surface area contributed by atoms with Crippen molar-refractivity contribution in [1.29, 1.82) is 0 Å². The van der Waals surface area contributed by atoms with Crippen molar-refractivity contribution < 1.29 is 14.3 Å². The molecule has 0 aromatic heterocycles. The molecular formula is C15H16O3. The van der Waals surface area contributed by atoms with Crippen LogP contribution in [0, 0.1) is 5.92 Å². The molecule has 1 aliphatic carbocycles. The van der Waals surface area contributed by atoms with E-state index in [1.165, 1.54) is 6.08 Å². The van der Waals surface area contributed by atoms with E-state index < -0.39 is 0 Å². The van der Waals surface area contributed by atoms with Gasteiger partial charge in [-0.3, -0.25) is 9.59 Å². The molecule has 3 nitrogen and oxygen atoms in total. The molecule has 0 saturated carbocycles. The Labute approximate surface area is 106 Å². The largest absolute Gasteiger partial charge is 0.376 e. The average Bonchev–Trinajstić information content (AvgIpc) is 2.35. The summed E-state index contributed by atoms with van der Waals surface area (Å²) in [6, 6.07) is 6.89. The lowest BCUT2D eigenvalue weighted by atomic mass is 9.90. The predicted octanol–water partition coefficient (Wildman–Crippen LogP) is 2.66. The fourth-order valence-electron chi connectivity index (χ4n) is 1.88. The monoisotopic (exact) mass is 244 g/mol. The molecule has 0 heterocycles. The van der Waals surface area contributed by atoms with Crippen LogP contribution in [0.25, 0.3) is 0 Å². The van der Waals surface area contributed by atoms with E-state index in [0.717, 1.165) is 0 Å². The quantitative estimate of drug-likeness (QED) is 0.817. The number of benzene rings is 1. The van der Waals surface area contributed by atoms with Crippen LogP contribution in [0.1, 0.15) is 34.6 Å². The van der Waals surface area contributed by atoms with Crippen molar-refractivity contribution in [2.24, 2.45) is 5.92 Å². The summed E-state index contributed by atoms with van der Waals surface area (Å²) in [4.78, 5) is 24.0. The maximum Gasteiger partial charge on any atom is 0.192 e. The molecule has 0 saturated heterocycles. The Hall–Kier alpha value is -1.74. The van der Waals surface area contributed by atoms with Gasteiger partial charge in [0.1, 0.15) is 0 Å². The number of allylic oxidation sites excluding steroid dienone is 1. The van der Waals surface area contributed by atoms with Gasteiger partial charge in [0.25, 0.3) is 0 Å². The SMILES string of the molecule is CC(C)COCC1=CC(=O)c2ccccc2C1=O. The third kappa shape index (κ3) is 2.57. The van der Waals surface area contributed by atoms with Gasteiger partial charge < -0.3 is 4.74 Å². The summed E-state index contributed by atoms with van der Waals surface area (Å²) in [5.74, 6) is 0.189. The molecule has 0 aliphatic heterocycles. The van der Waals surface area contributed by atoms with Crippen molar-refractivity contribution in [1.82, 2.24) is 0 Å². The molecule has 0 N–H and O–H groups in total. The van der Waals surface area contributed by atoms with Crippen LogP contribution in [0.4, 0.5) is 0 Å². The molecule has 0 unspecified atom stereocenters. The van der Waals surface area contributed by atoms with Crippen molar-refractivity contribution in [2.75, 3.05) is 13.2 Å². The first kappa shape index (κ1) is 12.7. The second-order valence-electron chi connectivity index (χ2n) is 4.82. The maximum absolute atomic E-state index is 12.1. The van der Waals surface area contributed by atoms with E-state index in [2.05, 4.69) is 0 Å². The number of ketones is 2. The minimum atomic E-state index is -0.117. The summed E-state index contributed by atoms with van der Waals surface area (Å²) >= 11 is 0. The second-order valence-corrected chi connectivity index (χ2v) is 4.82. The highest BCUT2D eigenvalue weighted by Gasteiger charge is 2.24. The Morgan fingerprint density at radius 3 is 2.44 bits per heavy atom. The predicted molar refractivity (Wildman–Crippen MR) is 68.8 cm³/mol. The van der Waals surface area contributed by atoms with Gasteiger partial charge in [0.15, 0.2) is 11.6 Å². The molecule has 0 spiro atoms. The number of carbonyl (C=O) groups excluding carboxylic acids is 2. The third-order valence-corrected chi connectivity index (χ3v) is 2.74. The van der Waals surface area contributed by atoms with Crippen LogP contribution >= 0.6 is 0 Å². The van der Waals surface area contributed by atoms with Gasteiger partial charge in [0.2, 0.25) is 0 Å². The van der Waals surface area contributed by atoms with E-state index in [9.17, 15) is 9.59 Å². The maximum atomic E-state index is 12.1. The van der Waals surface area contributed by atoms with E-state index in [1.54, 1.807) is 24.3 Å². The number of carbonyl (C=O) groups is 2. The Morgan fingerprint density at radius 1 is 1.11 bits per heavy atom. The minimum absolute atomic E-state index is 0.103. The Balaban J connectivity index is 2.16. The zero-order valence-corrected chi connectivity index (χ0v) is 10.6. The summed E-state index contributed by atoms with van der Waals surface area (Å²) in [5.41, 5.74) is 1.41. The molecule has 94 valence electrons. The molecule has 0 amide bonds. The molecule has 1 aromatic carbocycles. The summed E-state index contributed by atoms with van der Waals surface area (Å²) in [7, 11) is 0. The fourth-order valence-corrected chi connectivity index (χ4v) is 1.88. The highest BCUT2D eigenvalue weighted by atomic mass is 16.5. The molecule has 3 heteroatoms. The zero-order chi connectivity index (χ0) is 13.1. The topological polar surface area (TPSA) is 43.4 Å². The molecule has 0 atom stereocenters. The second kappa shape index (κ2) is 5.27. The molecule has 0 radical (unpaired) electrons. The Kier molecular flexibility index (Phi) is 3.72. The first-order chi connectivity index (χ1) is 8.59. The molecule has 0 bridgehead atoms. The number of rotatable bonds is 4. The lowest BCUT2D eigenvalue weighted by Crippen LogP contribution is -2.20. The summed E-state index contributed by atoms with van der Waals surface area (Å²) in [6.07, 6.45) is 1.39. The van der Waals surface area contributed by atoms with E-state index in [0.29, 0.717) is 29.2 Å². The van der Waals surface area contributed by atoms with Gasteiger partial charge in [-0.15, -0.1) is 0 Å². The van der Waals surface area contributed by atoms with Crippen molar-refractivity contribution in [3.05, 3.63) is 47.0 Å². The van der Waals surface area contributed by atoms with Crippen LogP contribution in [0.5, 0.6) is 0 Å². The van der Waals surface area contributed by atoms with Gasteiger partial charge in [-0.1, -0.05) is 38.1 Å². The molecule has 18 heavy (non-hydrogen) atoms. The van der Waals surface area contributed by atoms with Crippen LogP contribution in [-0.2, 0) is 4.74 Å². The van der Waals surface area contributed by atoms with Crippen molar-refractivity contribution >= 4 is 11.6 Å². The standard InChI is InChI=1S/C15H16O3/c1-10(2)8-18-9-11-7-14(16)12-5-3-4-6-13(12)15(11)17/h3-7,10H,8-9H2,1-2H3. The summed E-state index contributed by atoms with van der Waals surface area (Å²) in [6.45, 7) is 4.87. The normalized spacial score (nSPS) is 14.7. The van der Waals surface area contributed by atoms with Crippen molar-refractivity contribution in [3.8, 4) is 0 Å². The molecule has 1 aromatic rings. The van der Waals surface area contributed by atoms with Crippen LogP contribution in [0.3, 0.4) is 0 Å². The lowest BCUT2D eigenvalue weighted by Gasteiger charge is -2.15. The summed E-state index contributed by atoms with van der Waals surface area (Å²) in [5, 5.41) is 0.